The Morgan fingerprint density at radius 3 is 2.33 bits per heavy atom. The summed E-state index contributed by atoms with van der Waals surface area (Å²) in [7, 11) is 4.65. The van der Waals surface area contributed by atoms with Crippen LogP contribution in [0.1, 0.15) is 10.4 Å². The summed E-state index contributed by atoms with van der Waals surface area (Å²) in [6.45, 7) is 0.338. The maximum absolute atomic E-state index is 11.9. The van der Waals surface area contributed by atoms with Gasteiger partial charge in [-0.2, -0.15) is 0 Å². The zero-order chi connectivity index (χ0) is 17.5. The second kappa shape index (κ2) is 8.61. The Kier molecular flexibility index (Phi) is 6.52. The van der Waals surface area contributed by atoms with Gasteiger partial charge in [0.1, 0.15) is 0 Å². The number of benzene rings is 1. The summed E-state index contributed by atoms with van der Waals surface area (Å²) in [5.74, 6) is 1.41. The van der Waals surface area contributed by atoms with E-state index in [1.165, 1.54) is 17.4 Å². The van der Waals surface area contributed by atoms with Crippen LogP contribution in [0.25, 0.3) is 6.08 Å². The summed E-state index contributed by atoms with van der Waals surface area (Å²) in [6, 6.07) is 7.24. The van der Waals surface area contributed by atoms with Gasteiger partial charge in [0.2, 0.25) is 11.7 Å². The van der Waals surface area contributed by atoms with Crippen molar-refractivity contribution < 1.29 is 19.0 Å². The van der Waals surface area contributed by atoms with Gasteiger partial charge in [-0.15, -0.1) is 11.3 Å². The van der Waals surface area contributed by atoms with Crippen molar-refractivity contribution in [1.29, 1.82) is 0 Å². The third kappa shape index (κ3) is 4.66. The first-order chi connectivity index (χ1) is 11.6. The Morgan fingerprint density at radius 2 is 1.83 bits per heavy atom. The highest BCUT2D eigenvalue weighted by Gasteiger charge is 2.13. The number of carbonyl (C=O) groups excluding carboxylic acids is 1. The molecule has 0 aliphatic rings. The van der Waals surface area contributed by atoms with Gasteiger partial charge in [0.05, 0.1) is 25.7 Å². The standard InChI is InChI=1S/C17H18ClNO4S/c1-21-13-8-11(9-14(22-2)17(13)23-3)10-19-16(20)7-5-12-4-6-15(18)24-12/h4-9H,10H2,1-3H3,(H,19,20)/b7-5+. The number of hydrogen-bond donors (Lipinski definition) is 1. The molecule has 0 bridgehead atoms. The van der Waals surface area contributed by atoms with Gasteiger partial charge in [-0.3, -0.25) is 4.79 Å². The smallest absolute Gasteiger partial charge is 0.244 e. The highest BCUT2D eigenvalue weighted by molar-refractivity contribution is 7.17. The van der Waals surface area contributed by atoms with Crippen molar-refractivity contribution in [3.8, 4) is 17.2 Å². The molecule has 0 saturated carbocycles. The molecule has 128 valence electrons. The summed E-state index contributed by atoms with van der Waals surface area (Å²) in [5, 5.41) is 2.81. The fourth-order valence-corrected chi connectivity index (χ4v) is 3.02. The van der Waals surface area contributed by atoms with Crippen molar-refractivity contribution in [2.24, 2.45) is 0 Å². The van der Waals surface area contributed by atoms with Gasteiger partial charge in [0, 0.05) is 17.5 Å². The van der Waals surface area contributed by atoms with E-state index in [4.69, 9.17) is 25.8 Å². The molecule has 5 nitrogen and oxygen atoms in total. The molecular weight excluding hydrogens is 350 g/mol. The van der Waals surface area contributed by atoms with E-state index in [9.17, 15) is 4.79 Å². The van der Waals surface area contributed by atoms with Crippen LogP contribution in [0.3, 0.4) is 0 Å². The third-order valence-corrected chi connectivity index (χ3v) is 4.38. The van der Waals surface area contributed by atoms with E-state index in [0.29, 0.717) is 28.1 Å². The fraction of sp³-hybridized carbons (Fsp3) is 0.235. The lowest BCUT2D eigenvalue weighted by Crippen LogP contribution is -2.20. The lowest BCUT2D eigenvalue weighted by molar-refractivity contribution is -0.116. The molecule has 1 aromatic carbocycles. The van der Waals surface area contributed by atoms with Gasteiger partial charge < -0.3 is 19.5 Å². The number of halogens is 1. The molecule has 1 heterocycles. The quantitative estimate of drug-likeness (QED) is 0.757. The first kappa shape index (κ1) is 18.2. The molecule has 0 saturated heterocycles. The molecule has 1 amide bonds. The lowest BCUT2D eigenvalue weighted by Gasteiger charge is -2.14. The van der Waals surface area contributed by atoms with E-state index in [-0.39, 0.29) is 5.91 Å². The van der Waals surface area contributed by atoms with Crippen molar-refractivity contribution in [3.63, 3.8) is 0 Å². The van der Waals surface area contributed by atoms with E-state index < -0.39 is 0 Å². The zero-order valence-corrected chi connectivity index (χ0v) is 15.2. The Balaban J connectivity index is 2.03. The molecule has 2 aromatic rings. The van der Waals surface area contributed by atoms with E-state index in [1.54, 1.807) is 45.6 Å². The summed E-state index contributed by atoms with van der Waals surface area (Å²) in [6.07, 6.45) is 3.20. The van der Waals surface area contributed by atoms with Crippen LogP contribution in [0.5, 0.6) is 17.2 Å². The van der Waals surface area contributed by atoms with Crippen LogP contribution >= 0.6 is 22.9 Å². The van der Waals surface area contributed by atoms with Crippen LogP contribution in [0.4, 0.5) is 0 Å². The Morgan fingerprint density at radius 1 is 1.17 bits per heavy atom. The number of ether oxygens (including phenoxy) is 3. The molecule has 0 radical (unpaired) electrons. The van der Waals surface area contributed by atoms with Crippen molar-refractivity contribution >= 4 is 34.9 Å². The van der Waals surface area contributed by atoms with Gasteiger partial charge in [0.25, 0.3) is 0 Å². The number of carbonyl (C=O) groups is 1. The summed E-state index contributed by atoms with van der Waals surface area (Å²) >= 11 is 7.26. The summed E-state index contributed by atoms with van der Waals surface area (Å²) in [4.78, 5) is 12.8. The van der Waals surface area contributed by atoms with Crippen molar-refractivity contribution in [1.82, 2.24) is 5.32 Å². The molecule has 2 rings (SSSR count). The van der Waals surface area contributed by atoms with Gasteiger partial charge >= 0.3 is 0 Å². The molecule has 7 heteroatoms. The van der Waals surface area contributed by atoms with Gasteiger partial charge in [0.15, 0.2) is 11.5 Å². The van der Waals surface area contributed by atoms with E-state index >= 15 is 0 Å². The van der Waals surface area contributed by atoms with Crippen LogP contribution in [-0.4, -0.2) is 27.2 Å². The monoisotopic (exact) mass is 367 g/mol. The fourth-order valence-electron chi connectivity index (χ4n) is 2.06. The number of thiophene rings is 1. The lowest BCUT2D eigenvalue weighted by atomic mass is 10.1. The molecule has 24 heavy (non-hydrogen) atoms. The van der Waals surface area contributed by atoms with Crippen LogP contribution in [0.2, 0.25) is 4.34 Å². The molecule has 0 aliphatic heterocycles. The van der Waals surface area contributed by atoms with Gasteiger partial charge in [-0.1, -0.05) is 11.6 Å². The Labute approximate surface area is 149 Å². The highest BCUT2D eigenvalue weighted by Crippen LogP contribution is 2.38. The number of nitrogens with one attached hydrogen (secondary N) is 1. The molecule has 0 fully saturated rings. The largest absolute Gasteiger partial charge is 0.493 e. The molecule has 0 aliphatic carbocycles. The predicted octanol–water partition coefficient (Wildman–Crippen LogP) is 3.76. The average molecular weight is 368 g/mol. The van der Waals surface area contributed by atoms with Crippen LogP contribution in [0.15, 0.2) is 30.3 Å². The first-order valence-corrected chi connectivity index (χ1v) is 8.27. The number of methoxy groups -OCH3 is 3. The van der Waals surface area contributed by atoms with E-state index in [2.05, 4.69) is 5.32 Å². The van der Waals surface area contributed by atoms with Crippen LogP contribution < -0.4 is 19.5 Å². The van der Waals surface area contributed by atoms with Crippen molar-refractivity contribution in [2.45, 2.75) is 6.54 Å². The summed E-state index contributed by atoms with van der Waals surface area (Å²) in [5.41, 5.74) is 0.838. The minimum atomic E-state index is -0.201. The van der Waals surface area contributed by atoms with Gasteiger partial charge in [-0.05, 0) is 35.9 Å². The first-order valence-electron chi connectivity index (χ1n) is 7.07. The van der Waals surface area contributed by atoms with E-state index in [1.807, 2.05) is 6.07 Å². The minimum Gasteiger partial charge on any atom is -0.493 e. The Hall–Kier alpha value is -2.18. The number of hydrogen-bond acceptors (Lipinski definition) is 5. The SMILES string of the molecule is COc1cc(CNC(=O)/C=C/c2ccc(Cl)s2)cc(OC)c1OC. The van der Waals surface area contributed by atoms with E-state index in [0.717, 1.165) is 10.4 Å². The molecule has 1 N–H and O–H groups in total. The number of amides is 1. The van der Waals surface area contributed by atoms with Crippen molar-refractivity contribution in [3.05, 3.63) is 45.1 Å². The molecule has 0 unspecified atom stereocenters. The zero-order valence-electron chi connectivity index (χ0n) is 13.6. The molecular formula is C17H18ClNO4S. The average Bonchev–Trinajstić information content (AvgIpc) is 3.02. The molecule has 0 atom stereocenters. The predicted molar refractivity (Wildman–Crippen MR) is 96.3 cm³/mol. The number of rotatable bonds is 7. The normalized spacial score (nSPS) is 10.7. The maximum atomic E-state index is 11.9. The topological polar surface area (TPSA) is 56.8 Å². The molecule has 0 spiro atoms. The van der Waals surface area contributed by atoms with Crippen LogP contribution in [0, 0.1) is 0 Å². The van der Waals surface area contributed by atoms with Gasteiger partial charge in [-0.25, -0.2) is 0 Å². The third-order valence-electron chi connectivity index (χ3n) is 3.18. The second-order valence-corrected chi connectivity index (χ2v) is 6.47. The van der Waals surface area contributed by atoms with Crippen LogP contribution in [-0.2, 0) is 11.3 Å². The maximum Gasteiger partial charge on any atom is 0.244 e. The Bertz CT molecular complexity index is 717. The highest BCUT2D eigenvalue weighted by atomic mass is 35.5. The second-order valence-electron chi connectivity index (χ2n) is 4.73. The van der Waals surface area contributed by atoms with Crippen molar-refractivity contribution in [2.75, 3.05) is 21.3 Å². The minimum absolute atomic E-state index is 0.201. The molecule has 1 aromatic heterocycles. The summed E-state index contributed by atoms with van der Waals surface area (Å²) < 4.78 is 16.5.